The lowest BCUT2D eigenvalue weighted by atomic mass is 10.1. The van der Waals surface area contributed by atoms with Crippen LogP contribution in [0.25, 0.3) is 0 Å². The first-order chi connectivity index (χ1) is 9.21. The third-order valence-corrected chi connectivity index (χ3v) is 7.14. The molecule has 1 atom stereocenters. The molecule has 0 fully saturated rings. The fourth-order valence-corrected chi connectivity index (χ4v) is 5.01. The number of benzene rings is 1. The second-order valence-electron chi connectivity index (χ2n) is 4.29. The van der Waals surface area contributed by atoms with Crippen LogP contribution in [0, 0.1) is 5.82 Å². The van der Waals surface area contributed by atoms with E-state index in [-0.39, 0.29) is 11.5 Å². The highest BCUT2D eigenvalue weighted by Crippen LogP contribution is 2.15. The van der Waals surface area contributed by atoms with Crippen LogP contribution in [0.2, 0.25) is 0 Å². The third-order valence-electron chi connectivity index (χ3n) is 2.81. The number of halogens is 1. The van der Waals surface area contributed by atoms with Crippen molar-refractivity contribution in [1.82, 2.24) is 4.72 Å². The topological polar surface area (TPSA) is 75.6 Å². The van der Waals surface area contributed by atoms with Crippen LogP contribution in [0.3, 0.4) is 0 Å². The summed E-state index contributed by atoms with van der Waals surface area (Å²) in [5, 5.41) is 0. The molecule has 0 unspecified atom stereocenters. The number of hydrogen-bond acceptors (Lipinski definition) is 3. The highest BCUT2D eigenvalue weighted by molar-refractivity contribution is 8.02. The molecule has 0 amide bonds. The molecule has 114 valence electrons. The van der Waals surface area contributed by atoms with E-state index < -0.39 is 31.8 Å². The molecule has 0 aliphatic rings. The Morgan fingerprint density at radius 2 is 1.85 bits per heavy atom. The van der Waals surface area contributed by atoms with Crippen molar-refractivity contribution < 1.29 is 17.0 Å². The highest BCUT2D eigenvalue weighted by atomic mass is 32.3. The van der Waals surface area contributed by atoms with Gasteiger partial charge in [0.25, 0.3) is 0 Å². The molecule has 0 spiro atoms. The van der Waals surface area contributed by atoms with Crippen molar-refractivity contribution in [2.75, 3.05) is 11.5 Å². The average molecular weight is 322 g/mol. The summed E-state index contributed by atoms with van der Waals surface area (Å²) < 4.78 is 54.7. The van der Waals surface area contributed by atoms with Gasteiger partial charge in [0.15, 0.2) is 0 Å². The molecule has 5 nitrogen and oxygen atoms in total. The van der Waals surface area contributed by atoms with Crippen LogP contribution in [0.5, 0.6) is 0 Å². The Labute approximate surface area is 120 Å². The van der Waals surface area contributed by atoms with Gasteiger partial charge in [0.2, 0.25) is 0 Å². The molecule has 1 aromatic carbocycles. The minimum Gasteiger partial charge on any atom is -0.249 e. The summed E-state index contributed by atoms with van der Waals surface area (Å²) in [7, 11) is -6.80. The van der Waals surface area contributed by atoms with Crippen LogP contribution in [0.15, 0.2) is 28.0 Å². The van der Waals surface area contributed by atoms with E-state index in [0.29, 0.717) is 5.56 Å². The predicted octanol–water partition coefficient (Wildman–Crippen LogP) is 2.23. The SMILES string of the molecule is CCS(=O)(CC)=NS(=O)(=O)N[C@H](C)c1cccc(F)c1. The first kappa shape index (κ1) is 17.1. The van der Waals surface area contributed by atoms with E-state index in [1.165, 1.54) is 18.2 Å². The summed E-state index contributed by atoms with van der Waals surface area (Å²) in [4.78, 5) is 0. The van der Waals surface area contributed by atoms with Crippen molar-refractivity contribution in [3.63, 3.8) is 0 Å². The summed E-state index contributed by atoms with van der Waals surface area (Å²) in [6, 6.07) is 4.96. The van der Waals surface area contributed by atoms with Gasteiger partial charge >= 0.3 is 10.2 Å². The lowest BCUT2D eigenvalue weighted by Crippen LogP contribution is -2.26. The lowest BCUT2D eigenvalue weighted by Gasteiger charge is -2.13. The highest BCUT2D eigenvalue weighted by Gasteiger charge is 2.18. The third kappa shape index (κ3) is 4.84. The van der Waals surface area contributed by atoms with E-state index in [4.69, 9.17) is 0 Å². The Morgan fingerprint density at radius 3 is 2.35 bits per heavy atom. The molecule has 20 heavy (non-hydrogen) atoms. The van der Waals surface area contributed by atoms with Crippen LogP contribution in [0.1, 0.15) is 32.4 Å². The summed E-state index contributed by atoms with van der Waals surface area (Å²) >= 11 is 0. The molecule has 0 saturated heterocycles. The van der Waals surface area contributed by atoms with Gasteiger partial charge in [-0.15, -0.1) is 0 Å². The summed E-state index contributed by atoms with van der Waals surface area (Å²) in [5.41, 5.74) is 0.475. The van der Waals surface area contributed by atoms with E-state index in [0.717, 1.165) is 0 Å². The lowest BCUT2D eigenvalue weighted by molar-refractivity contribution is 0.566. The molecule has 1 rings (SSSR count). The van der Waals surface area contributed by atoms with Gasteiger partial charge in [-0.05, 0) is 24.6 Å². The van der Waals surface area contributed by atoms with Gasteiger partial charge in [-0.1, -0.05) is 29.7 Å². The van der Waals surface area contributed by atoms with E-state index in [2.05, 4.69) is 8.49 Å². The smallest absolute Gasteiger partial charge is 0.249 e. The van der Waals surface area contributed by atoms with Gasteiger partial charge < -0.3 is 0 Å². The molecular weight excluding hydrogens is 303 g/mol. The maximum Gasteiger partial charge on any atom is 0.328 e. The summed E-state index contributed by atoms with van der Waals surface area (Å²) in [6.45, 7) is 4.82. The van der Waals surface area contributed by atoms with Gasteiger partial charge in [0.1, 0.15) is 5.82 Å². The van der Waals surface area contributed by atoms with E-state index in [9.17, 15) is 17.0 Å². The van der Waals surface area contributed by atoms with Crippen molar-refractivity contribution in [2.45, 2.75) is 26.8 Å². The molecule has 0 aromatic heterocycles. The first-order valence-electron chi connectivity index (χ1n) is 6.23. The minimum absolute atomic E-state index is 0.165. The average Bonchev–Trinajstić information content (AvgIpc) is 2.37. The first-order valence-corrected chi connectivity index (χ1v) is 9.52. The molecule has 0 aliphatic carbocycles. The second kappa shape index (κ2) is 6.64. The molecule has 0 bridgehead atoms. The number of nitrogens with zero attached hydrogens (tertiary/aromatic N) is 1. The molecule has 0 heterocycles. The van der Waals surface area contributed by atoms with Gasteiger partial charge in [0.05, 0.1) is 9.73 Å². The van der Waals surface area contributed by atoms with E-state index in [1.54, 1.807) is 26.8 Å². The largest absolute Gasteiger partial charge is 0.328 e. The maximum atomic E-state index is 13.1. The fraction of sp³-hybridized carbons (Fsp3) is 0.500. The number of nitrogens with one attached hydrogen (secondary N) is 1. The molecule has 0 aliphatic heterocycles. The van der Waals surface area contributed by atoms with Gasteiger partial charge in [-0.3, -0.25) is 0 Å². The zero-order valence-corrected chi connectivity index (χ0v) is 13.3. The Kier molecular flexibility index (Phi) is 5.67. The molecule has 1 aromatic rings. The predicted molar refractivity (Wildman–Crippen MR) is 78.5 cm³/mol. The fourth-order valence-electron chi connectivity index (χ4n) is 1.58. The standard InChI is InChI=1S/C12H19FN2O3S2/c1-4-19(16,5-2)15-20(17,18)14-10(3)11-7-6-8-12(13)9-11/h6-10,14H,4-5H2,1-3H3/t10-/m1/s1. The van der Waals surface area contributed by atoms with Crippen molar-refractivity contribution in [1.29, 1.82) is 0 Å². The molecule has 8 heteroatoms. The number of rotatable bonds is 6. The quantitative estimate of drug-likeness (QED) is 0.872. The Bertz CT molecular complexity index is 670. The Morgan fingerprint density at radius 1 is 1.25 bits per heavy atom. The van der Waals surface area contributed by atoms with Crippen molar-refractivity contribution >= 4 is 19.9 Å². The summed E-state index contributed by atoms with van der Waals surface area (Å²) in [6.07, 6.45) is 0. The second-order valence-corrected chi connectivity index (χ2v) is 8.78. The normalized spacial score (nSPS) is 14.0. The number of hydrogen-bond donors (Lipinski definition) is 1. The van der Waals surface area contributed by atoms with Crippen LogP contribution >= 0.6 is 0 Å². The Hall–Kier alpha value is -0.990. The summed E-state index contributed by atoms with van der Waals surface area (Å²) in [5.74, 6) is -0.117. The molecular formula is C12H19FN2O3S2. The van der Waals surface area contributed by atoms with Crippen molar-refractivity contribution in [3.05, 3.63) is 35.6 Å². The van der Waals surface area contributed by atoms with Gasteiger partial charge in [-0.2, -0.15) is 13.1 Å². The molecule has 1 N–H and O–H groups in total. The van der Waals surface area contributed by atoms with Crippen LogP contribution in [0.4, 0.5) is 4.39 Å². The molecule has 0 saturated carbocycles. The van der Waals surface area contributed by atoms with Crippen LogP contribution in [-0.4, -0.2) is 24.1 Å². The monoisotopic (exact) mass is 322 g/mol. The van der Waals surface area contributed by atoms with Gasteiger partial charge in [-0.25, -0.2) is 8.60 Å². The zero-order valence-electron chi connectivity index (χ0n) is 11.7. The minimum atomic E-state index is -4.05. The van der Waals surface area contributed by atoms with E-state index in [1.807, 2.05) is 0 Å². The van der Waals surface area contributed by atoms with Crippen molar-refractivity contribution in [3.8, 4) is 0 Å². The zero-order chi connectivity index (χ0) is 15.4. The maximum absolute atomic E-state index is 13.1. The van der Waals surface area contributed by atoms with Gasteiger partial charge in [0, 0.05) is 17.5 Å². The van der Waals surface area contributed by atoms with Crippen LogP contribution < -0.4 is 4.72 Å². The molecule has 0 radical (unpaired) electrons. The van der Waals surface area contributed by atoms with E-state index >= 15 is 0 Å². The van der Waals surface area contributed by atoms with Crippen molar-refractivity contribution in [2.24, 2.45) is 3.77 Å². The Balaban J connectivity index is 3.00. The van der Waals surface area contributed by atoms with Crippen LogP contribution in [-0.2, 0) is 19.9 Å².